The van der Waals surface area contributed by atoms with Gasteiger partial charge in [0.15, 0.2) is 23.1 Å². The molecule has 2 aliphatic rings. The van der Waals surface area contributed by atoms with Crippen LogP contribution < -0.4 is 9.47 Å². The van der Waals surface area contributed by atoms with Crippen LogP contribution in [0.15, 0.2) is 42.0 Å². The summed E-state index contributed by atoms with van der Waals surface area (Å²) in [5.41, 5.74) is 1.07. The number of carbonyl (C=O) groups excluding carboxylic acids is 2. The minimum atomic E-state index is -0.191. The topological polar surface area (TPSA) is 71.1 Å². The van der Waals surface area contributed by atoms with Crippen LogP contribution in [0.5, 0.6) is 11.5 Å². The van der Waals surface area contributed by atoms with E-state index < -0.39 is 0 Å². The predicted octanol–water partition coefficient (Wildman–Crippen LogP) is 2.91. The number of ether oxygens (including phenoxy) is 4. The number of rotatable bonds is 5. The van der Waals surface area contributed by atoms with Gasteiger partial charge in [-0.3, -0.25) is 9.59 Å². The summed E-state index contributed by atoms with van der Waals surface area (Å²) in [4.78, 5) is 25.0. The highest BCUT2D eigenvalue weighted by atomic mass is 16.6. The molecule has 0 saturated heterocycles. The van der Waals surface area contributed by atoms with Crippen molar-refractivity contribution >= 4 is 11.6 Å². The number of fused-ring (bicyclic) bond motifs is 1. The molecule has 1 atom stereocenters. The molecular weight excluding hydrogens is 348 g/mol. The Labute approximate surface area is 158 Å². The van der Waals surface area contributed by atoms with Crippen molar-refractivity contribution in [2.45, 2.75) is 25.9 Å². The van der Waals surface area contributed by atoms with Crippen molar-refractivity contribution < 1.29 is 28.5 Å². The minimum Gasteiger partial charge on any atom is -0.486 e. The van der Waals surface area contributed by atoms with Gasteiger partial charge in [0, 0.05) is 24.0 Å². The number of benzene rings is 1. The second-order valence-corrected chi connectivity index (χ2v) is 6.38. The fourth-order valence-electron chi connectivity index (χ4n) is 2.89. The fourth-order valence-corrected chi connectivity index (χ4v) is 2.89. The van der Waals surface area contributed by atoms with E-state index in [0.29, 0.717) is 55.7 Å². The van der Waals surface area contributed by atoms with E-state index >= 15 is 0 Å². The summed E-state index contributed by atoms with van der Waals surface area (Å²) in [6, 6.07) is 5.11. The van der Waals surface area contributed by atoms with Crippen LogP contribution in [0.2, 0.25) is 0 Å². The smallest absolute Gasteiger partial charge is 0.163 e. The summed E-state index contributed by atoms with van der Waals surface area (Å²) in [6.07, 6.45) is 5.42. The lowest BCUT2D eigenvalue weighted by Gasteiger charge is -2.18. The van der Waals surface area contributed by atoms with Crippen LogP contribution in [0.1, 0.15) is 30.1 Å². The third-order valence-corrected chi connectivity index (χ3v) is 4.30. The molecule has 1 aromatic carbocycles. The Bertz CT molecular complexity index is 749. The van der Waals surface area contributed by atoms with E-state index in [9.17, 15) is 9.59 Å². The number of Topliss-reactive ketones (excluding diaryl/α,β-unsaturated/α-hetero) is 2. The van der Waals surface area contributed by atoms with Crippen molar-refractivity contribution in [1.29, 1.82) is 0 Å². The molecule has 0 bridgehead atoms. The summed E-state index contributed by atoms with van der Waals surface area (Å²) in [6.45, 7) is 4.28. The quantitative estimate of drug-likeness (QED) is 0.740. The summed E-state index contributed by atoms with van der Waals surface area (Å²) in [5, 5.41) is 0. The van der Waals surface area contributed by atoms with Gasteiger partial charge in [-0.1, -0.05) is 12.2 Å². The van der Waals surface area contributed by atoms with E-state index in [4.69, 9.17) is 18.9 Å². The van der Waals surface area contributed by atoms with Gasteiger partial charge in [-0.25, -0.2) is 0 Å². The molecule has 0 aliphatic carbocycles. The zero-order chi connectivity index (χ0) is 19.1. The predicted molar refractivity (Wildman–Crippen MR) is 99.5 cm³/mol. The Balaban J connectivity index is 1.61. The Hall–Kier alpha value is -2.44. The van der Waals surface area contributed by atoms with Crippen LogP contribution in [-0.2, 0) is 14.3 Å². The average molecular weight is 372 g/mol. The van der Waals surface area contributed by atoms with Crippen LogP contribution in [0.4, 0.5) is 0 Å². The number of carbonyl (C=O) groups is 2. The molecule has 27 heavy (non-hydrogen) atoms. The van der Waals surface area contributed by atoms with Gasteiger partial charge in [0.1, 0.15) is 13.2 Å². The maximum atomic E-state index is 12.6. The van der Waals surface area contributed by atoms with Gasteiger partial charge < -0.3 is 18.9 Å². The Morgan fingerprint density at radius 2 is 1.78 bits per heavy atom. The number of hydrogen-bond donors (Lipinski definition) is 0. The van der Waals surface area contributed by atoms with Gasteiger partial charge in [-0.2, -0.15) is 0 Å². The zero-order valence-corrected chi connectivity index (χ0v) is 15.4. The SMILES string of the molecule is CC1/C=C(C(=O)CCC(=O)c2ccc3c(c2)OCCO3)\C=C/COCCO1. The van der Waals surface area contributed by atoms with Crippen molar-refractivity contribution in [3.05, 3.63) is 47.6 Å². The van der Waals surface area contributed by atoms with Crippen molar-refractivity contribution in [3.63, 3.8) is 0 Å². The first-order chi connectivity index (χ1) is 13.1. The second-order valence-electron chi connectivity index (χ2n) is 6.38. The van der Waals surface area contributed by atoms with E-state index in [0.717, 1.165) is 0 Å². The van der Waals surface area contributed by atoms with E-state index in [2.05, 4.69) is 0 Å². The highest BCUT2D eigenvalue weighted by Gasteiger charge is 2.17. The largest absolute Gasteiger partial charge is 0.486 e. The Morgan fingerprint density at radius 3 is 2.63 bits per heavy atom. The molecule has 144 valence electrons. The first kappa shape index (κ1) is 19.3. The van der Waals surface area contributed by atoms with Gasteiger partial charge in [0.05, 0.1) is 25.9 Å². The van der Waals surface area contributed by atoms with Crippen LogP contribution >= 0.6 is 0 Å². The normalized spacial score (nSPS) is 23.0. The molecule has 0 saturated carbocycles. The zero-order valence-electron chi connectivity index (χ0n) is 15.4. The second kappa shape index (κ2) is 9.48. The molecule has 6 nitrogen and oxygen atoms in total. The number of allylic oxidation sites excluding steroid dienone is 2. The first-order valence-corrected chi connectivity index (χ1v) is 9.17. The van der Waals surface area contributed by atoms with Crippen LogP contribution in [0, 0.1) is 0 Å². The number of hydrogen-bond acceptors (Lipinski definition) is 6. The van der Waals surface area contributed by atoms with Gasteiger partial charge in [0.25, 0.3) is 0 Å². The van der Waals surface area contributed by atoms with Crippen LogP contribution in [-0.4, -0.2) is 50.7 Å². The highest BCUT2D eigenvalue weighted by Crippen LogP contribution is 2.31. The van der Waals surface area contributed by atoms with Crippen LogP contribution in [0.25, 0.3) is 0 Å². The lowest BCUT2D eigenvalue weighted by atomic mass is 10.00. The van der Waals surface area contributed by atoms with E-state index in [-0.39, 0.29) is 30.5 Å². The third-order valence-electron chi connectivity index (χ3n) is 4.30. The average Bonchev–Trinajstić information content (AvgIpc) is 2.70. The molecule has 2 aliphatic heterocycles. The Morgan fingerprint density at radius 1 is 1.00 bits per heavy atom. The highest BCUT2D eigenvalue weighted by molar-refractivity contribution is 6.03. The maximum absolute atomic E-state index is 12.6. The van der Waals surface area contributed by atoms with E-state index in [1.165, 1.54) is 0 Å². The molecule has 0 radical (unpaired) electrons. The molecular formula is C21H24O6. The molecule has 0 amide bonds. The van der Waals surface area contributed by atoms with Crippen molar-refractivity contribution in [3.8, 4) is 11.5 Å². The monoisotopic (exact) mass is 372 g/mol. The van der Waals surface area contributed by atoms with E-state index in [1.54, 1.807) is 30.4 Å². The lowest BCUT2D eigenvalue weighted by Crippen LogP contribution is -2.16. The maximum Gasteiger partial charge on any atom is 0.163 e. The van der Waals surface area contributed by atoms with Crippen LogP contribution in [0.3, 0.4) is 0 Å². The molecule has 0 aromatic heterocycles. The third kappa shape index (κ3) is 5.52. The summed E-state index contributed by atoms with van der Waals surface area (Å²) < 4.78 is 21.9. The minimum absolute atomic E-state index is 0.0897. The first-order valence-electron chi connectivity index (χ1n) is 9.17. The molecule has 0 fully saturated rings. The molecule has 2 heterocycles. The number of ketones is 2. The summed E-state index contributed by atoms with van der Waals surface area (Å²) in [7, 11) is 0. The van der Waals surface area contributed by atoms with Gasteiger partial charge in [0.2, 0.25) is 0 Å². The van der Waals surface area contributed by atoms with Gasteiger partial charge in [-0.05, 0) is 31.2 Å². The standard InChI is InChI=1S/C21H24O6/c1-15-13-16(3-2-8-24-9-10-25-15)18(22)5-6-19(23)17-4-7-20-21(14-17)27-12-11-26-20/h2-4,7,13-15H,5-6,8-12H2,1H3/b3-2-,16-13+. The molecule has 1 unspecified atom stereocenters. The van der Waals surface area contributed by atoms with Crippen molar-refractivity contribution in [2.75, 3.05) is 33.0 Å². The molecule has 6 heteroatoms. The molecule has 3 rings (SSSR count). The Kier molecular flexibility index (Phi) is 6.79. The molecule has 0 N–H and O–H groups in total. The lowest BCUT2D eigenvalue weighted by molar-refractivity contribution is -0.115. The van der Waals surface area contributed by atoms with E-state index in [1.807, 2.05) is 13.0 Å². The van der Waals surface area contributed by atoms with Crippen molar-refractivity contribution in [2.24, 2.45) is 0 Å². The molecule has 0 spiro atoms. The van der Waals surface area contributed by atoms with Crippen molar-refractivity contribution in [1.82, 2.24) is 0 Å². The molecule has 1 aromatic rings. The van der Waals surface area contributed by atoms with Gasteiger partial charge >= 0.3 is 0 Å². The fraction of sp³-hybridized carbons (Fsp3) is 0.429. The van der Waals surface area contributed by atoms with Gasteiger partial charge in [-0.15, -0.1) is 0 Å². The summed E-state index contributed by atoms with van der Waals surface area (Å²) >= 11 is 0. The summed E-state index contributed by atoms with van der Waals surface area (Å²) in [5.74, 6) is 1.02.